The summed E-state index contributed by atoms with van der Waals surface area (Å²) in [5, 5.41) is 49.7. The molecule has 4 rings (SSSR count). The second-order valence-electron chi connectivity index (χ2n) is 6.67. The van der Waals surface area contributed by atoms with E-state index in [1.54, 1.807) is 0 Å². The van der Waals surface area contributed by atoms with Crippen LogP contribution in [0.3, 0.4) is 0 Å². The predicted molar refractivity (Wildman–Crippen MR) is 88.4 cm³/mol. The molecule has 2 aliphatic rings. The normalized spacial score (nSPS) is 38.3. The smallest absolute Gasteiger partial charge is 0.195 e. The maximum atomic E-state index is 12.7. The molecule has 2 aromatic rings. The summed E-state index contributed by atoms with van der Waals surface area (Å²) in [6, 6.07) is 0. The van der Waals surface area contributed by atoms with Gasteiger partial charge in [-0.25, -0.2) is 15.0 Å². The second kappa shape index (κ2) is 6.97. The zero-order valence-electron chi connectivity index (χ0n) is 14.3. The quantitative estimate of drug-likeness (QED) is 0.292. The van der Waals surface area contributed by atoms with Crippen LogP contribution >= 0.6 is 0 Å². The van der Waals surface area contributed by atoms with Crippen LogP contribution in [-0.4, -0.2) is 100 Å². The Morgan fingerprint density at radius 3 is 2.39 bits per heavy atom. The molecule has 4 heterocycles. The number of ketones is 1. The number of hydrogen-bond donors (Lipinski definition) is 6. The number of fused-ring (bicyclic) bond motifs is 1. The van der Waals surface area contributed by atoms with Crippen molar-refractivity contribution in [1.82, 2.24) is 19.5 Å². The fraction of sp³-hybridized carbons (Fsp3) is 0.600. The maximum Gasteiger partial charge on any atom is 0.195 e. The van der Waals surface area contributed by atoms with Gasteiger partial charge in [-0.1, -0.05) is 0 Å². The summed E-state index contributed by atoms with van der Waals surface area (Å²) in [6.07, 6.45) is -9.26. The van der Waals surface area contributed by atoms with E-state index in [0.29, 0.717) is 0 Å². The van der Waals surface area contributed by atoms with Crippen LogP contribution in [0.4, 0.5) is 5.82 Å². The summed E-state index contributed by atoms with van der Waals surface area (Å²) >= 11 is 0. The van der Waals surface area contributed by atoms with Gasteiger partial charge in [0, 0.05) is 0 Å². The maximum absolute atomic E-state index is 12.7. The highest BCUT2D eigenvalue weighted by molar-refractivity contribution is 5.89. The number of rotatable bonds is 4. The first-order valence-electron chi connectivity index (χ1n) is 8.46. The number of nitrogens with zero attached hydrogens (tertiary/aromatic N) is 4. The van der Waals surface area contributed by atoms with Crippen molar-refractivity contribution in [1.29, 1.82) is 0 Å². The molecule has 0 aromatic carbocycles. The molecule has 8 atom stereocenters. The fourth-order valence-corrected chi connectivity index (χ4v) is 3.48. The van der Waals surface area contributed by atoms with E-state index in [1.165, 1.54) is 17.2 Å². The van der Waals surface area contributed by atoms with Crippen LogP contribution in [0.15, 0.2) is 12.7 Å². The third-order valence-electron chi connectivity index (χ3n) is 5.00. The molecule has 7 N–H and O–H groups in total. The van der Waals surface area contributed by atoms with Gasteiger partial charge in [-0.3, -0.25) is 9.36 Å². The Morgan fingerprint density at radius 1 is 1.04 bits per heavy atom. The number of anilines is 1. The zero-order valence-corrected chi connectivity index (χ0v) is 14.3. The van der Waals surface area contributed by atoms with E-state index in [0.717, 1.165) is 0 Å². The molecule has 2 saturated heterocycles. The van der Waals surface area contributed by atoms with Gasteiger partial charge in [-0.2, -0.15) is 0 Å². The molecular formula is C15H19N5O8. The Hall–Kier alpha value is -2.26. The number of aliphatic hydroxyl groups is 5. The van der Waals surface area contributed by atoms with Crippen LogP contribution in [0.1, 0.15) is 6.23 Å². The summed E-state index contributed by atoms with van der Waals surface area (Å²) < 4.78 is 12.0. The summed E-state index contributed by atoms with van der Waals surface area (Å²) in [5.41, 5.74) is 6.20. The first-order valence-corrected chi connectivity index (χ1v) is 8.46. The third kappa shape index (κ3) is 2.76. The van der Waals surface area contributed by atoms with E-state index in [9.17, 15) is 25.2 Å². The summed E-state index contributed by atoms with van der Waals surface area (Å²) in [4.78, 5) is 24.6. The molecule has 0 radical (unpaired) electrons. The highest BCUT2D eigenvalue weighted by atomic mass is 16.6. The number of Topliss-reactive ketones (excluding diaryl/α,β-unsaturated/α-hetero) is 1. The lowest BCUT2D eigenvalue weighted by Crippen LogP contribution is -2.46. The lowest BCUT2D eigenvalue weighted by atomic mass is 9.98. The number of carbonyl (C=O) groups excluding carboxylic acids is 1. The van der Waals surface area contributed by atoms with Crippen molar-refractivity contribution in [2.75, 3.05) is 12.3 Å². The van der Waals surface area contributed by atoms with Crippen molar-refractivity contribution in [3.8, 4) is 0 Å². The minimum Gasteiger partial charge on any atom is -0.394 e. The number of nitrogen functional groups attached to an aromatic ring is 1. The number of aliphatic hydroxyl groups excluding tert-OH is 5. The van der Waals surface area contributed by atoms with E-state index in [-0.39, 0.29) is 17.0 Å². The van der Waals surface area contributed by atoms with Crippen molar-refractivity contribution in [2.24, 2.45) is 0 Å². The molecule has 0 aliphatic carbocycles. The van der Waals surface area contributed by atoms with Gasteiger partial charge in [0.25, 0.3) is 0 Å². The van der Waals surface area contributed by atoms with Crippen molar-refractivity contribution in [3.63, 3.8) is 0 Å². The molecule has 13 nitrogen and oxygen atoms in total. The van der Waals surface area contributed by atoms with Crippen LogP contribution in [0.25, 0.3) is 11.2 Å². The van der Waals surface area contributed by atoms with E-state index in [4.69, 9.17) is 20.3 Å². The minimum atomic E-state index is -1.64. The number of imidazole rings is 1. The SMILES string of the molecule is Nc1ncnc2c1ncn2[C@@H]1O[C@H](C(=O)C2O[C@H](CO)[C@@H](O)[C@@H]2O)[C@@H](O)[C@H]1O. The summed E-state index contributed by atoms with van der Waals surface area (Å²) in [7, 11) is 0. The average molecular weight is 397 g/mol. The zero-order chi connectivity index (χ0) is 20.2. The molecule has 2 fully saturated rings. The molecule has 2 aliphatic heterocycles. The Balaban J connectivity index is 1.59. The highest BCUT2D eigenvalue weighted by Gasteiger charge is 2.54. The van der Waals surface area contributed by atoms with E-state index >= 15 is 0 Å². The van der Waals surface area contributed by atoms with Gasteiger partial charge in [0.2, 0.25) is 0 Å². The lowest BCUT2D eigenvalue weighted by Gasteiger charge is -2.19. The Kier molecular flexibility index (Phi) is 4.75. The molecular weight excluding hydrogens is 378 g/mol. The second-order valence-corrected chi connectivity index (χ2v) is 6.67. The van der Waals surface area contributed by atoms with Gasteiger partial charge < -0.3 is 40.7 Å². The molecule has 1 unspecified atom stereocenters. The monoisotopic (exact) mass is 397 g/mol. The van der Waals surface area contributed by atoms with Gasteiger partial charge in [-0.15, -0.1) is 0 Å². The number of aromatic nitrogens is 4. The fourth-order valence-electron chi connectivity index (χ4n) is 3.48. The van der Waals surface area contributed by atoms with Gasteiger partial charge in [0.15, 0.2) is 23.5 Å². The van der Waals surface area contributed by atoms with Gasteiger partial charge in [0.1, 0.15) is 54.6 Å². The first-order chi connectivity index (χ1) is 13.3. The van der Waals surface area contributed by atoms with Crippen molar-refractivity contribution < 1.29 is 39.8 Å². The number of carbonyl (C=O) groups is 1. The van der Waals surface area contributed by atoms with Gasteiger partial charge in [0.05, 0.1) is 12.9 Å². The third-order valence-corrected chi connectivity index (χ3v) is 5.00. The highest BCUT2D eigenvalue weighted by Crippen LogP contribution is 2.34. The average Bonchev–Trinajstić information content (AvgIpc) is 3.32. The topological polar surface area (TPSA) is 206 Å². The van der Waals surface area contributed by atoms with Gasteiger partial charge in [-0.05, 0) is 0 Å². The Labute approximate surface area is 157 Å². The molecule has 0 saturated carbocycles. The van der Waals surface area contributed by atoms with Crippen molar-refractivity contribution in [2.45, 2.75) is 49.0 Å². The number of ether oxygens (including phenoxy) is 2. The Morgan fingerprint density at radius 2 is 1.71 bits per heavy atom. The number of hydrogen-bond acceptors (Lipinski definition) is 12. The van der Waals surface area contributed by atoms with E-state index in [1.807, 2.05) is 0 Å². The molecule has 2 aromatic heterocycles. The molecule has 13 heteroatoms. The van der Waals surface area contributed by atoms with E-state index in [2.05, 4.69) is 15.0 Å². The van der Waals surface area contributed by atoms with Crippen LogP contribution in [0.2, 0.25) is 0 Å². The van der Waals surface area contributed by atoms with Gasteiger partial charge >= 0.3 is 0 Å². The lowest BCUT2D eigenvalue weighted by molar-refractivity contribution is -0.150. The van der Waals surface area contributed by atoms with Crippen LogP contribution in [-0.2, 0) is 14.3 Å². The standard InChI is InChI=1S/C15H19N5O8/c16-13-5-14(18-2-17-13)20(3-19-5)15-9(25)8(24)12(28-15)10(26)11-7(23)6(22)4(1-21)27-11/h2-4,6-9,11-12,15,21-25H,1H2,(H2,16,17,18)/t4-,6-,7+,8+,9-,11?,12+,15-/m1/s1. The number of nitrogens with two attached hydrogens (primary N) is 1. The molecule has 0 amide bonds. The van der Waals surface area contributed by atoms with Crippen LogP contribution < -0.4 is 5.73 Å². The first kappa shape index (κ1) is 19.1. The van der Waals surface area contributed by atoms with Crippen LogP contribution in [0.5, 0.6) is 0 Å². The largest absolute Gasteiger partial charge is 0.394 e. The molecule has 0 spiro atoms. The van der Waals surface area contributed by atoms with Crippen molar-refractivity contribution >= 4 is 22.8 Å². The summed E-state index contributed by atoms with van der Waals surface area (Å²) in [5.74, 6) is -0.772. The minimum absolute atomic E-state index is 0.107. The molecule has 152 valence electrons. The molecule has 0 bridgehead atoms. The predicted octanol–water partition coefficient (Wildman–Crippen LogP) is -3.92. The van der Waals surface area contributed by atoms with Crippen LogP contribution in [0, 0.1) is 0 Å². The van der Waals surface area contributed by atoms with Crippen molar-refractivity contribution in [3.05, 3.63) is 12.7 Å². The van der Waals surface area contributed by atoms with E-state index < -0.39 is 61.3 Å². The Bertz CT molecular complexity index is 892. The molecule has 28 heavy (non-hydrogen) atoms. The summed E-state index contributed by atoms with van der Waals surface area (Å²) in [6.45, 7) is -0.608.